The molecule has 0 aliphatic heterocycles. The van der Waals surface area contributed by atoms with Crippen LogP contribution in [0.4, 0.5) is 0 Å². The zero-order chi connectivity index (χ0) is 8.32. The minimum absolute atomic E-state index is 0. The quantitative estimate of drug-likeness (QED) is 0.663. The fourth-order valence-corrected chi connectivity index (χ4v) is 1.36. The average molecular weight is 186 g/mol. The molecule has 0 aliphatic carbocycles. The number of hydrogen-bond acceptors (Lipinski definition) is 2. The lowest BCUT2D eigenvalue weighted by Gasteiger charge is -2.08. The minimum Gasteiger partial charge on any atom is -0.443 e. The maximum Gasteiger partial charge on any atom is 0.242 e. The molecule has 0 aliphatic rings. The Kier molecular flexibility index (Phi) is 4.05. The second-order valence-electron chi connectivity index (χ2n) is 2.66. The molecule has 0 heterocycles. The summed E-state index contributed by atoms with van der Waals surface area (Å²) in [6, 6.07) is 9.18. The zero-order valence-corrected chi connectivity index (χ0v) is 7.54. The van der Waals surface area contributed by atoms with Gasteiger partial charge in [0.1, 0.15) is 5.75 Å². The van der Waals surface area contributed by atoms with Crippen LogP contribution >= 0.6 is 7.37 Å². The van der Waals surface area contributed by atoms with Crippen LogP contribution in [0.25, 0.3) is 0 Å². The standard InChI is InChI=1S/C8H11O2P.CH4/c1-11(2,9)10-8-6-4-3-5-7-8;/h3-7H,1-2H3;1H4. The molecule has 0 fully saturated rings. The van der Waals surface area contributed by atoms with E-state index in [9.17, 15) is 4.57 Å². The first-order chi connectivity index (χ1) is 5.08. The molecule has 1 rings (SSSR count). The van der Waals surface area contributed by atoms with Crippen molar-refractivity contribution in [2.45, 2.75) is 7.43 Å². The van der Waals surface area contributed by atoms with Gasteiger partial charge in [-0.05, 0) is 12.1 Å². The molecule has 0 atom stereocenters. The van der Waals surface area contributed by atoms with Gasteiger partial charge in [-0.15, -0.1) is 0 Å². The molecule has 0 N–H and O–H groups in total. The highest BCUT2D eigenvalue weighted by molar-refractivity contribution is 7.57. The van der Waals surface area contributed by atoms with Gasteiger partial charge in [0.25, 0.3) is 0 Å². The topological polar surface area (TPSA) is 26.3 Å². The Morgan fingerprint density at radius 1 is 1.17 bits per heavy atom. The van der Waals surface area contributed by atoms with Gasteiger partial charge < -0.3 is 4.52 Å². The first kappa shape index (κ1) is 11.2. The van der Waals surface area contributed by atoms with E-state index in [4.69, 9.17) is 4.52 Å². The van der Waals surface area contributed by atoms with Crippen molar-refractivity contribution in [1.82, 2.24) is 0 Å². The van der Waals surface area contributed by atoms with E-state index in [0.717, 1.165) is 0 Å². The Bertz CT molecular complexity index is 263. The van der Waals surface area contributed by atoms with Gasteiger partial charge in [-0.1, -0.05) is 25.6 Å². The SMILES string of the molecule is C.CP(C)(=O)Oc1ccccc1. The van der Waals surface area contributed by atoms with E-state index in [-0.39, 0.29) is 7.43 Å². The van der Waals surface area contributed by atoms with E-state index < -0.39 is 7.37 Å². The molecule has 0 saturated carbocycles. The molecule has 1 aromatic carbocycles. The zero-order valence-electron chi connectivity index (χ0n) is 6.65. The predicted octanol–water partition coefficient (Wildman–Crippen LogP) is 3.24. The minimum atomic E-state index is -2.39. The molecule has 2 nitrogen and oxygen atoms in total. The van der Waals surface area contributed by atoms with Crippen molar-refractivity contribution in [3.63, 3.8) is 0 Å². The molecule has 0 bridgehead atoms. The van der Waals surface area contributed by atoms with Crippen LogP contribution in [0, 0.1) is 0 Å². The van der Waals surface area contributed by atoms with Crippen LogP contribution < -0.4 is 4.52 Å². The third-order valence-electron chi connectivity index (χ3n) is 1.07. The maximum atomic E-state index is 11.2. The largest absolute Gasteiger partial charge is 0.443 e. The summed E-state index contributed by atoms with van der Waals surface area (Å²) in [6.45, 7) is 3.19. The van der Waals surface area contributed by atoms with Crippen molar-refractivity contribution < 1.29 is 9.09 Å². The fraction of sp³-hybridized carbons (Fsp3) is 0.333. The van der Waals surface area contributed by atoms with Crippen LogP contribution in [0.5, 0.6) is 5.75 Å². The third kappa shape index (κ3) is 4.20. The van der Waals surface area contributed by atoms with Gasteiger partial charge in [0.15, 0.2) is 0 Å². The van der Waals surface area contributed by atoms with Crippen LogP contribution in [0.1, 0.15) is 7.43 Å². The second-order valence-corrected chi connectivity index (χ2v) is 5.34. The first-order valence-corrected chi connectivity index (χ1v) is 5.89. The lowest BCUT2D eigenvalue weighted by Crippen LogP contribution is -1.87. The molecular weight excluding hydrogens is 171 g/mol. The van der Waals surface area contributed by atoms with Gasteiger partial charge in [0.2, 0.25) is 7.37 Å². The van der Waals surface area contributed by atoms with Crippen LogP contribution in [-0.2, 0) is 4.57 Å². The Morgan fingerprint density at radius 3 is 2.08 bits per heavy atom. The summed E-state index contributed by atoms with van der Waals surface area (Å²) in [4.78, 5) is 0. The van der Waals surface area contributed by atoms with E-state index in [1.165, 1.54) is 0 Å². The average Bonchev–Trinajstić information content (AvgIpc) is 1.85. The molecule has 12 heavy (non-hydrogen) atoms. The summed E-state index contributed by atoms with van der Waals surface area (Å²) in [5.74, 6) is 0.667. The van der Waals surface area contributed by atoms with E-state index >= 15 is 0 Å². The predicted molar refractivity (Wildman–Crippen MR) is 53.3 cm³/mol. The van der Waals surface area contributed by atoms with Gasteiger partial charge in [0.05, 0.1) is 0 Å². The first-order valence-electron chi connectivity index (χ1n) is 3.37. The lowest BCUT2D eigenvalue weighted by atomic mass is 10.3. The van der Waals surface area contributed by atoms with E-state index in [0.29, 0.717) is 5.75 Å². The molecule has 0 spiro atoms. The molecular formula is C9H15O2P. The molecule has 1 aromatic rings. The highest BCUT2D eigenvalue weighted by atomic mass is 31.2. The highest BCUT2D eigenvalue weighted by Crippen LogP contribution is 2.38. The second kappa shape index (κ2) is 4.32. The summed E-state index contributed by atoms with van der Waals surface area (Å²) in [5, 5.41) is 0. The van der Waals surface area contributed by atoms with Crippen LogP contribution in [-0.4, -0.2) is 13.3 Å². The van der Waals surface area contributed by atoms with Crippen molar-refractivity contribution in [2.75, 3.05) is 13.3 Å². The summed E-state index contributed by atoms with van der Waals surface area (Å²) < 4.78 is 16.3. The molecule has 0 saturated heterocycles. The Morgan fingerprint density at radius 2 is 1.67 bits per heavy atom. The number of para-hydroxylation sites is 1. The summed E-state index contributed by atoms with van der Waals surface area (Å²) >= 11 is 0. The van der Waals surface area contributed by atoms with Crippen LogP contribution in [0.15, 0.2) is 30.3 Å². The van der Waals surface area contributed by atoms with Gasteiger partial charge >= 0.3 is 0 Å². The Labute approximate surface area is 74.0 Å². The van der Waals surface area contributed by atoms with E-state index in [1.54, 1.807) is 25.5 Å². The van der Waals surface area contributed by atoms with Crippen molar-refractivity contribution in [2.24, 2.45) is 0 Å². The molecule has 68 valence electrons. The summed E-state index contributed by atoms with van der Waals surface area (Å²) in [7, 11) is -2.39. The van der Waals surface area contributed by atoms with Crippen molar-refractivity contribution in [1.29, 1.82) is 0 Å². The molecule has 0 radical (unpaired) electrons. The summed E-state index contributed by atoms with van der Waals surface area (Å²) in [6.07, 6.45) is 0. The number of hydrogen-bond donors (Lipinski definition) is 0. The van der Waals surface area contributed by atoms with Crippen LogP contribution in [0.2, 0.25) is 0 Å². The summed E-state index contributed by atoms with van der Waals surface area (Å²) in [5.41, 5.74) is 0. The van der Waals surface area contributed by atoms with Crippen molar-refractivity contribution >= 4 is 7.37 Å². The maximum absolute atomic E-state index is 11.2. The monoisotopic (exact) mass is 186 g/mol. The molecule has 3 heteroatoms. The van der Waals surface area contributed by atoms with E-state index in [1.807, 2.05) is 18.2 Å². The number of benzene rings is 1. The van der Waals surface area contributed by atoms with Gasteiger partial charge in [-0.2, -0.15) is 0 Å². The Hall–Kier alpha value is -0.750. The smallest absolute Gasteiger partial charge is 0.242 e. The van der Waals surface area contributed by atoms with Gasteiger partial charge in [-0.3, -0.25) is 4.57 Å². The Balaban J connectivity index is 0.00000121. The number of rotatable bonds is 2. The van der Waals surface area contributed by atoms with Crippen molar-refractivity contribution in [3.05, 3.63) is 30.3 Å². The van der Waals surface area contributed by atoms with Crippen molar-refractivity contribution in [3.8, 4) is 5.75 Å². The van der Waals surface area contributed by atoms with E-state index in [2.05, 4.69) is 0 Å². The lowest BCUT2D eigenvalue weighted by molar-refractivity contribution is 0.494. The molecule has 0 unspecified atom stereocenters. The molecule has 0 aromatic heterocycles. The normalized spacial score (nSPS) is 10.2. The highest BCUT2D eigenvalue weighted by Gasteiger charge is 2.06. The molecule has 0 amide bonds. The van der Waals surface area contributed by atoms with Crippen LogP contribution in [0.3, 0.4) is 0 Å². The third-order valence-corrected chi connectivity index (χ3v) is 1.72. The fourth-order valence-electron chi connectivity index (χ4n) is 0.735. The van der Waals surface area contributed by atoms with Gasteiger partial charge in [0, 0.05) is 13.3 Å². The van der Waals surface area contributed by atoms with Gasteiger partial charge in [-0.25, -0.2) is 0 Å².